The molecule has 0 bridgehead atoms. The first-order valence-electron chi connectivity index (χ1n) is 6.40. The summed E-state index contributed by atoms with van der Waals surface area (Å²) >= 11 is 5.95. The first-order chi connectivity index (χ1) is 9.74. The molecule has 20 heavy (non-hydrogen) atoms. The van der Waals surface area contributed by atoms with Gasteiger partial charge in [-0.25, -0.2) is 4.98 Å². The number of benzene rings is 1. The van der Waals surface area contributed by atoms with Gasteiger partial charge >= 0.3 is 0 Å². The number of rotatable bonds is 6. The van der Waals surface area contributed by atoms with E-state index in [0.717, 1.165) is 5.56 Å². The monoisotopic (exact) mass is 292 g/mol. The van der Waals surface area contributed by atoms with Gasteiger partial charge in [0.15, 0.2) is 0 Å². The Hall–Kier alpha value is -1.62. The van der Waals surface area contributed by atoms with Crippen LogP contribution in [0.5, 0.6) is 0 Å². The van der Waals surface area contributed by atoms with Crippen LogP contribution in [0.25, 0.3) is 0 Å². The highest BCUT2D eigenvalue weighted by Gasteiger charge is 2.11. The largest absolute Gasteiger partial charge is 0.395 e. The second kappa shape index (κ2) is 7.24. The highest BCUT2D eigenvalue weighted by atomic mass is 35.5. The van der Waals surface area contributed by atoms with E-state index in [4.69, 9.17) is 11.6 Å². The van der Waals surface area contributed by atoms with E-state index < -0.39 is 0 Å². The summed E-state index contributed by atoms with van der Waals surface area (Å²) in [7, 11) is 0. The maximum Gasteiger partial charge on any atom is 0.129 e. The number of anilines is 1. The number of hydrogen-bond acceptors (Lipinski definition) is 4. The Bertz CT molecular complexity index is 549. The van der Waals surface area contributed by atoms with Crippen molar-refractivity contribution in [2.45, 2.75) is 13.2 Å². The molecule has 2 aromatic rings. The summed E-state index contributed by atoms with van der Waals surface area (Å²) in [6, 6.07) is 13.5. The summed E-state index contributed by atoms with van der Waals surface area (Å²) in [6.45, 7) is 0.936. The van der Waals surface area contributed by atoms with Gasteiger partial charge in [0.25, 0.3) is 0 Å². The van der Waals surface area contributed by atoms with E-state index in [1.165, 1.54) is 0 Å². The minimum Gasteiger partial charge on any atom is -0.395 e. The van der Waals surface area contributed by atoms with Crippen molar-refractivity contribution in [3.8, 4) is 0 Å². The van der Waals surface area contributed by atoms with E-state index in [2.05, 4.69) is 4.98 Å². The molecule has 0 radical (unpaired) electrons. The average Bonchev–Trinajstić information content (AvgIpc) is 2.48. The third kappa shape index (κ3) is 3.70. The van der Waals surface area contributed by atoms with Crippen LogP contribution in [0.1, 0.15) is 11.3 Å². The minimum atomic E-state index is -0.203. The van der Waals surface area contributed by atoms with Crippen molar-refractivity contribution >= 4 is 17.4 Å². The maximum atomic E-state index is 9.23. The van der Waals surface area contributed by atoms with Crippen LogP contribution in [-0.4, -0.2) is 28.3 Å². The van der Waals surface area contributed by atoms with Crippen LogP contribution in [0.4, 0.5) is 5.82 Å². The van der Waals surface area contributed by atoms with Crippen LogP contribution in [-0.2, 0) is 13.2 Å². The van der Waals surface area contributed by atoms with Gasteiger partial charge in [0, 0.05) is 13.1 Å². The highest BCUT2D eigenvalue weighted by molar-refractivity contribution is 6.31. The molecule has 0 spiro atoms. The van der Waals surface area contributed by atoms with Gasteiger partial charge < -0.3 is 15.1 Å². The molecular formula is C15H17ClN2O2. The van der Waals surface area contributed by atoms with E-state index in [-0.39, 0.29) is 13.2 Å². The van der Waals surface area contributed by atoms with Crippen LogP contribution in [0.15, 0.2) is 42.5 Å². The Balaban J connectivity index is 2.24. The quantitative estimate of drug-likeness (QED) is 0.857. The van der Waals surface area contributed by atoms with Crippen molar-refractivity contribution in [1.29, 1.82) is 0 Å². The Morgan fingerprint density at radius 2 is 1.80 bits per heavy atom. The van der Waals surface area contributed by atoms with Crippen molar-refractivity contribution in [3.05, 3.63) is 58.7 Å². The van der Waals surface area contributed by atoms with Gasteiger partial charge in [0.05, 0.1) is 23.9 Å². The summed E-state index contributed by atoms with van der Waals surface area (Å²) in [5.74, 6) is 0.691. The lowest BCUT2D eigenvalue weighted by Gasteiger charge is -2.23. The lowest BCUT2D eigenvalue weighted by molar-refractivity contribution is 0.277. The van der Waals surface area contributed by atoms with Gasteiger partial charge in [-0.2, -0.15) is 0 Å². The summed E-state index contributed by atoms with van der Waals surface area (Å²) in [4.78, 5) is 6.29. The second-order valence-corrected chi connectivity index (χ2v) is 4.79. The molecule has 1 aromatic heterocycles. The molecule has 2 N–H and O–H groups in total. The SMILES string of the molecule is OCCN(Cc1ccccc1)c1ccc(Cl)c(CO)n1. The van der Waals surface area contributed by atoms with Crippen molar-refractivity contribution in [2.24, 2.45) is 0 Å². The number of aliphatic hydroxyl groups excluding tert-OH is 2. The number of hydrogen-bond donors (Lipinski definition) is 2. The van der Waals surface area contributed by atoms with E-state index >= 15 is 0 Å². The van der Waals surface area contributed by atoms with Crippen LogP contribution >= 0.6 is 11.6 Å². The fourth-order valence-corrected chi connectivity index (χ4v) is 2.12. The fraction of sp³-hybridized carbons (Fsp3) is 0.267. The summed E-state index contributed by atoms with van der Waals surface area (Å²) in [5.41, 5.74) is 1.57. The number of nitrogens with zero attached hydrogens (tertiary/aromatic N) is 2. The first-order valence-corrected chi connectivity index (χ1v) is 6.78. The van der Waals surface area contributed by atoms with Crippen LogP contribution in [0, 0.1) is 0 Å². The summed E-state index contributed by atoms with van der Waals surface area (Å²) in [6.07, 6.45) is 0. The molecule has 4 nitrogen and oxygen atoms in total. The molecule has 0 aliphatic carbocycles. The van der Waals surface area contributed by atoms with E-state index in [9.17, 15) is 10.2 Å². The van der Waals surface area contributed by atoms with Gasteiger partial charge in [-0.05, 0) is 17.7 Å². The molecule has 0 unspecified atom stereocenters. The fourth-order valence-electron chi connectivity index (χ4n) is 1.96. The van der Waals surface area contributed by atoms with Crippen LogP contribution in [0.3, 0.4) is 0 Å². The van der Waals surface area contributed by atoms with Gasteiger partial charge in [-0.3, -0.25) is 0 Å². The molecule has 0 atom stereocenters. The lowest BCUT2D eigenvalue weighted by Crippen LogP contribution is -2.27. The van der Waals surface area contributed by atoms with Crippen LogP contribution < -0.4 is 4.90 Å². The summed E-state index contributed by atoms with van der Waals surface area (Å²) < 4.78 is 0. The predicted octanol–water partition coefficient (Wildman–Crippen LogP) is 2.23. The normalized spacial score (nSPS) is 10.6. The Morgan fingerprint density at radius 3 is 2.45 bits per heavy atom. The predicted molar refractivity (Wildman–Crippen MR) is 79.7 cm³/mol. The zero-order valence-electron chi connectivity index (χ0n) is 11.0. The average molecular weight is 293 g/mol. The standard InChI is InChI=1S/C15H17ClN2O2/c16-13-6-7-15(17-14(13)11-20)18(8-9-19)10-12-4-2-1-3-5-12/h1-7,19-20H,8-11H2. The molecule has 5 heteroatoms. The molecule has 2 rings (SSSR count). The maximum absolute atomic E-state index is 9.23. The van der Waals surface area contributed by atoms with Gasteiger partial charge in [0.2, 0.25) is 0 Å². The molecule has 0 aliphatic heterocycles. The minimum absolute atomic E-state index is 0.0333. The first kappa shape index (κ1) is 14.8. The topological polar surface area (TPSA) is 56.6 Å². The van der Waals surface area contributed by atoms with Gasteiger partial charge in [0.1, 0.15) is 5.82 Å². The van der Waals surface area contributed by atoms with Crippen molar-refractivity contribution < 1.29 is 10.2 Å². The lowest BCUT2D eigenvalue weighted by atomic mass is 10.2. The number of aromatic nitrogens is 1. The van der Waals surface area contributed by atoms with Crippen molar-refractivity contribution in [2.75, 3.05) is 18.1 Å². The number of halogens is 1. The van der Waals surface area contributed by atoms with Crippen LogP contribution in [0.2, 0.25) is 5.02 Å². The third-order valence-corrected chi connectivity index (χ3v) is 3.31. The molecule has 1 aromatic carbocycles. The van der Waals surface area contributed by atoms with E-state index in [0.29, 0.717) is 29.6 Å². The highest BCUT2D eigenvalue weighted by Crippen LogP contribution is 2.20. The van der Waals surface area contributed by atoms with E-state index in [1.807, 2.05) is 35.2 Å². The third-order valence-electron chi connectivity index (χ3n) is 2.96. The van der Waals surface area contributed by atoms with Crippen molar-refractivity contribution in [3.63, 3.8) is 0 Å². The zero-order chi connectivity index (χ0) is 14.4. The molecule has 0 saturated carbocycles. The number of pyridine rings is 1. The molecule has 0 aliphatic rings. The Kier molecular flexibility index (Phi) is 5.35. The Labute approximate surface area is 123 Å². The van der Waals surface area contributed by atoms with Gasteiger partial charge in [-0.15, -0.1) is 0 Å². The smallest absolute Gasteiger partial charge is 0.129 e. The van der Waals surface area contributed by atoms with Gasteiger partial charge in [-0.1, -0.05) is 41.9 Å². The molecule has 0 amide bonds. The number of aliphatic hydroxyl groups is 2. The molecule has 106 valence electrons. The van der Waals surface area contributed by atoms with Crippen molar-refractivity contribution in [1.82, 2.24) is 4.98 Å². The summed E-state index contributed by atoms with van der Waals surface area (Å²) in [5, 5.41) is 18.9. The Morgan fingerprint density at radius 1 is 1.05 bits per heavy atom. The van der Waals surface area contributed by atoms with E-state index in [1.54, 1.807) is 12.1 Å². The molecule has 0 fully saturated rings. The second-order valence-electron chi connectivity index (χ2n) is 4.39. The molecule has 0 saturated heterocycles. The zero-order valence-corrected chi connectivity index (χ0v) is 11.8. The molecule has 1 heterocycles. The molecular weight excluding hydrogens is 276 g/mol.